The van der Waals surface area contributed by atoms with E-state index in [-0.39, 0.29) is 35.8 Å². The van der Waals surface area contributed by atoms with E-state index in [1.807, 2.05) is 11.8 Å². The highest BCUT2D eigenvalue weighted by atomic mass is 16.3. The highest BCUT2D eigenvalue weighted by Gasteiger charge is 2.49. The van der Waals surface area contributed by atoms with E-state index in [4.69, 9.17) is 4.42 Å². The van der Waals surface area contributed by atoms with E-state index in [1.54, 1.807) is 11.0 Å². The largest absolute Gasteiger partial charge is 0.469 e. The van der Waals surface area contributed by atoms with Gasteiger partial charge in [-0.2, -0.15) is 0 Å². The molecule has 1 aromatic rings. The Hall–Kier alpha value is -2.51. The van der Waals surface area contributed by atoms with Gasteiger partial charge in [-0.25, -0.2) is 4.79 Å². The number of aryl methyl sites for hydroxylation is 1. The van der Waals surface area contributed by atoms with E-state index in [9.17, 15) is 14.4 Å². The Kier molecular flexibility index (Phi) is 5.03. The Bertz CT molecular complexity index is 762. The van der Waals surface area contributed by atoms with Crippen LogP contribution < -0.4 is 10.6 Å². The lowest BCUT2D eigenvalue weighted by atomic mass is 9.65. The summed E-state index contributed by atoms with van der Waals surface area (Å²) in [6.45, 7) is 4.86. The summed E-state index contributed by atoms with van der Waals surface area (Å²) in [6, 6.07) is 1.74. The second-order valence-electron chi connectivity index (χ2n) is 8.44. The Morgan fingerprint density at radius 3 is 2.61 bits per heavy atom. The molecule has 0 radical (unpaired) electrons. The maximum Gasteiger partial charge on any atom is 0.317 e. The first-order valence-corrected chi connectivity index (χ1v) is 10.1. The number of carbonyl (C=O) groups excluding carboxylic acids is 3. The monoisotopic (exact) mass is 388 g/mol. The van der Waals surface area contributed by atoms with Gasteiger partial charge in [0.15, 0.2) is 0 Å². The fourth-order valence-electron chi connectivity index (χ4n) is 4.70. The number of rotatable bonds is 4. The SMILES string of the molecule is Cc1cc(C(=O)NC2CC3(CCN(C(=O)CNC(=O)N4CCCC4)C3)C2)co1. The molecule has 4 rings (SSSR count). The quantitative estimate of drug-likeness (QED) is 0.817. The number of urea groups is 1. The van der Waals surface area contributed by atoms with Gasteiger partial charge in [-0.1, -0.05) is 0 Å². The average Bonchev–Trinajstić information content (AvgIpc) is 3.38. The van der Waals surface area contributed by atoms with Crippen LogP contribution in [0.15, 0.2) is 16.7 Å². The maximum atomic E-state index is 12.5. The lowest BCUT2D eigenvalue weighted by Crippen LogP contribution is -2.52. The van der Waals surface area contributed by atoms with Crippen LogP contribution in [0.1, 0.15) is 48.2 Å². The van der Waals surface area contributed by atoms with Crippen LogP contribution in [0.2, 0.25) is 0 Å². The third kappa shape index (κ3) is 3.86. The summed E-state index contributed by atoms with van der Waals surface area (Å²) in [5.74, 6) is 0.593. The molecular formula is C20H28N4O4. The molecule has 3 fully saturated rings. The molecule has 0 atom stereocenters. The number of hydrogen-bond acceptors (Lipinski definition) is 4. The molecule has 1 aromatic heterocycles. The minimum atomic E-state index is -0.138. The number of nitrogens with one attached hydrogen (secondary N) is 2. The minimum Gasteiger partial charge on any atom is -0.469 e. The van der Waals surface area contributed by atoms with Gasteiger partial charge in [0, 0.05) is 32.2 Å². The third-order valence-corrected chi connectivity index (χ3v) is 6.26. The summed E-state index contributed by atoms with van der Waals surface area (Å²) >= 11 is 0. The van der Waals surface area contributed by atoms with Crippen molar-refractivity contribution in [2.45, 2.75) is 45.1 Å². The van der Waals surface area contributed by atoms with Crippen molar-refractivity contribution in [1.82, 2.24) is 20.4 Å². The van der Waals surface area contributed by atoms with Gasteiger partial charge in [0.2, 0.25) is 5.91 Å². The van der Waals surface area contributed by atoms with Crippen molar-refractivity contribution in [2.75, 3.05) is 32.7 Å². The van der Waals surface area contributed by atoms with Crippen LogP contribution in [0.3, 0.4) is 0 Å². The Labute approximate surface area is 164 Å². The van der Waals surface area contributed by atoms with Gasteiger partial charge in [-0.3, -0.25) is 9.59 Å². The smallest absolute Gasteiger partial charge is 0.317 e. The van der Waals surface area contributed by atoms with Crippen molar-refractivity contribution >= 4 is 17.8 Å². The number of hydrogen-bond donors (Lipinski definition) is 2. The molecule has 3 aliphatic rings. The summed E-state index contributed by atoms with van der Waals surface area (Å²) in [5.41, 5.74) is 0.661. The first kappa shape index (κ1) is 18.8. The van der Waals surface area contributed by atoms with E-state index in [2.05, 4.69) is 10.6 Å². The van der Waals surface area contributed by atoms with E-state index in [0.29, 0.717) is 12.1 Å². The van der Waals surface area contributed by atoms with Crippen molar-refractivity contribution < 1.29 is 18.8 Å². The van der Waals surface area contributed by atoms with Crippen LogP contribution in [0.5, 0.6) is 0 Å². The predicted octanol–water partition coefficient (Wildman–Crippen LogP) is 1.50. The molecule has 2 aliphatic heterocycles. The Balaban J connectivity index is 1.19. The molecule has 28 heavy (non-hydrogen) atoms. The van der Waals surface area contributed by atoms with Gasteiger partial charge in [0.05, 0.1) is 12.1 Å². The summed E-state index contributed by atoms with van der Waals surface area (Å²) in [5, 5.41) is 5.80. The summed E-state index contributed by atoms with van der Waals surface area (Å²) in [4.78, 5) is 40.3. The molecule has 152 valence electrons. The summed E-state index contributed by atoms with van der Waals surface area (Å²) in [7, 11) is 0. The number of nitrogens with zero attached hydrogens (tertiary/aromatic N) is 2. The van der Waals surface area contributed by atoms with E-state index in [0.717, 1.165) is 57.5 Å². The minimum absolute atomic E-state index is 0.0224. The first-order valence-electron chi connectivity index (χ1n) is 10.1. The van der Waals surface area contributed by atoms with Crippen LogP contribution in [0.25, 0.3) is 0 Å². The fourth-order valence-corrected chi connectivity index (χ4v) is 4.70. The van der Waals surface area contributed by atoms with Crippen molar-refractivity contribution in [1.29, 1.82) is 0 Å². The molecule has 0 bridgehead atoms. The van der Waals surface area contributed by atoms with Crippen LogP contribution in [0, 0.1) is 12.3 Å². The molecule has 2 saturated heterocycles. The topological polar surface area (TPSA) is 94.9 Å². The zero-order valence-electron chi connectivity index (χ0n) is 16.3. The average molecular weight is 388 g/mol. The molecule has 2 N–H and O–H groups in total. The normalized spacial score (nSPS) is 26.4. The Morgan fingerprint density at radius 1 is 1.18 bits per heavy atom. The van der Waals surface area contributed by atoms with Crippen molar-refractivity contribution in [3.8, 4) is 0 Å². The van der Waals surface area contributed by atoms with Gasteiger partial charge in [-0.15, -0.1) is 0 Å². The fraction of sp³-hybridized carbons (Fsp3) is 0.650. The van der Waals surface area contributed by atoms with Crippen molar-refractivity contribution in [3.05, 3.63) is 23.7 Å². The molecule has 1 aliphatic carbocycles. The summed E-state index contributed by atoms with van der Waals surface area (Å²) < 4.78 is 5.19. The number of carbonyl (C=O) groups is 3. The Morgan fingerprint density at radius 2 is 1.93 bits per heavy atom. The molecule has 8 heteroatoms. The number of amides is 4. The lowest BCUT2D eigenvalue weighted by Gasteiger charge is -2.45. The zero-order valence-corrected chi connectivity index (χ0v) is 16.3. The van der Waals surface area contributed by atoms with Gasteiger partial charge in [0.25, 0.3) is 5.91 Å². The first-order chi connectivity index (χ1) is 13.4. The van der Waals surface area contributed by atoms with Gasteiger partial charge in [-0.05, 0) is 50.5 Å². The van der Waals surface area contributed by atoms with E-state index in [1.165, 1.54) is 6.26 Å². The van der Waals surface area contributed by atoms with Crippen LogP contribution in [0.4, 0.5) is 4.79 Å². The number of furan rings is 1. The van der Waals surface area contributed by atoms with Gasteiger partial charge < -0.3 is 24.9 Å². The van der Waals surface area contributed by atoms with Gasteiger partial charge >= 0.3 is 6.03 Å². The molecule has 0 aromatic carbocycles. The molecule has 1 spiro atoms. The van der Waals surface area contributed by atoms with Crippen LogP contribution in [-0.2, 0) is 4.79 Å². The predicted molar refractivity (Wildman–Crippen MR) is 102 cm³/mol. The standard InChI is InChI=1S/C20H28N4O4/c1-14-8-15(12-28-14)18(26)22-16-9-20(10-16)4-7-24(13-20)17(25)11-21-19(27)23-5-2-3-6-23/h8,12,16H,2-7,9-11,13H2,1H3,(H,21,27)(H,22,26). The molecule has 3 heterocycles. The molecule has 0 unspecified atom stereocenters. The van der Waals surface area contributed by atoms with Crippen molar-refractivity contribution in [2.24, 2.45) is 5.41 Å². The lowest BCUT2D eigenvalue weighted by molar-refractivity contribution is -0.129. The highest BCUT2D eigenvalue weighted by Crippen LogP contribution is 2.48. The van der Waals surface area contributed by atoms with Crippen LogP contribution >= 0.6 is 0 Å². The molecule has 4 amide bonds. The zero-order chi connectivity index (χ0) is 19.7. The van der Waals surface area contributed by atoms with E-state index < -0.39 is 0 Å². The maximum absolute atomic E-state index is 12.5. The highest BCUT2D eigenvalue weighted by molar-refractivity contribution is 5.94. The second-order valence-corrected chi connectivity index (χ2v) is 8.44. The number of likely N-dealkylation sites (tertiary alicyclic amines) is 2. The molecule has 1 saturated carbocycles. The second kappa shape index (κ2) is 7.48. The molecular weight excluding hydrogens is 360 g/mol. The molecule has 8 nitrogen and oxygen atoms in total. The third-order valence-electron chi connectivity index (χ3n) is 6.26. The van der Waals surface area contributed by atoms with Crippen molar-refractivity contribution in [3.63, 3.8) is 0 Å². The van der Waals surface area contributed by atoms with E-state index >= 15 is 0 Å². The van der Waals surface area contributed by atoms with Gasteiger partial charge in [0.1, 0.15) is 12.0 Å². The summed E-state index contributed by atoms with van der Waals surface area (Å²) in [6.07, 6.45) is 6.28. The van der Waals surface area contributed by atoms with Crippen LogP contribution in [-0.4, -0.2) is 66.4 Å².